The maximum atomic E-state index is 12.3. The number of β-amino-alcohol motifs (C(OH)–C–C–N with tert-alkyl or cyclic N) is 1. The molecule has 1 aliphatic carbocycles. The van der Waals surface area contributed by atoms with Gasteiger partial charge in [0.2, 0.25) is 5.90 Å². The molecular weight excluding hydrogens is 368 g/mol. The number of aliphatic hydroxyl groups excluding tert-OH is 1. The second-order valence-electron chi connectivity index (χ2n) is 8.95. The van der Waals surface area contributed by atoms with Gasteiger partial charge in [0.25, 0.3) is 0 Å². The molecule has 1 saturated heterocycles. The van der Waals surface area contributed by atoms with E-state index in [9.17, 15) is 15.0 Å². The number of carbonyl (C=O) groups is 1. The zero-order chi connectivity index (χ0) is 20.5. The maximum Gasteiger partial charge on any atom is 0.217 e. The Labute approximate surface area is 172 Å². The summed E-state index contributed by atoms with van der Waals surface area (Å²) < 4.78 is 5.75. The molecular formula is C23H32N2O4. The van der Waals surface area contributed by atoms with E-state index in [1.807, 2.05) is 13.0 Å². The first-order chi connectivity index (χ1) is 13.9. The van der Waals surface area contributed by atoms with Gasteiger partial charge in [0.05, 0.1) is 12.1 Å². The standard InChI is InChI=1S/C23H32N2O4/c1-14-18(8-5-9-21(14)27)23-24-19(13-29-23)22(28)12-25-11-17-7-4-3-6-16(17)10-20(25)15(2)26/h5,8-9,16-17,19-20,22,27-28H,3-4,6-7,10-13H2,1-2H3. The van der Waals surface area contributed by atoms with Crippen LogP contribution in [0.15, 0.2) is 23.2 Å². The average Bonchev–Trinajstić information content (AvgIpc) is 3.19. The van der Waals surface area contributed by atoms with Crippen molar-refractivity contribution in [3.63, 3.8) is 0 Å². The van der Waals surface area contributed by atoms with Crippen LogP contribution in [0.1, 0.15) is 50.2 Å². The number of ether oxygens (including phenoxy) is 1. The van der Waals surface area contributed by atoms with Crippen LogP contribution in [0.5, 0.6) is 5.75 Å². The first kappa shape index (κ1) is 20.4. The van der Waals surface area contributed by atoms with E-state index in [1.165, 1.54) is 25.7 Å². The summed E-state index contributed by atoms with van der Waals surface area (Å²) >= 11 is 0. The Morgan fingerprint density at radius 1 is 1.31 bits per heavy atom. The van der Waals surface area contributed by atoms with Crippen LogP contribution in [-0.2, 0) is 9.53 Å². The van der Waals surface area contributed by atoms with Crippen LogP contribution in [0.3, 0.4) is 0 Å². The van der Waals surface area contributed by atoms with Gasteiger partial charge in [-0.25, -0.2) is 4.99 Å². The molecule has 0 amide bonds. The molecule has 2 aliphatic heterocycles. The molecule has 3 aliphatic rings. The van der Waals surface area contributed by atoms with Gasteiger partial charge < -0.3 is 14.9 Å². The molecule has 2 fully saturated rings. The van der Waals surface area contributed by atoms with E-state index >= 15 is 0 Å². The van der Waals surface area contributed by atoms with E-state index in [1.54, 1.807) is 19.1 Å². The highest BCUT2D eigenvalue weighted by Gasteiger charge is 2.40. The molecule has 5 atom stereocenters. The van der Waals surface area contributed by atoms with Crippen LogP contribution in [0, 0.1) is 18.8 Å². The molecule has 6 nitrogen and oxygen atoms in total. The number of nitrogens with zero attached hydrogens (tertiary/aromatic N) is 2. The molecule has 2 N–H and O–H groups in total. The number of benzene rings is 1. The van der Waals surface area contributed by atoms with Crippen LogP contribution < -0.4 is 0 Å². The lowest BCUT2D eigenvalue weighted by Crippen LogP contribution is -2.54. The summed E-state index contributed by atoms with van der Waals surface area (Å²) in [7, 11) is 0. The molecule has 0 spiro atoms. The highest BCUT2D eigenvalue weighted by atomic mass is 16.5. The highest BCUT2D eigenvalue weighted by Crippen LogP contribution is 2.39. The molecule has 2 heterocycles. The predicted octanol–water partition coefficient (Wildman–Crippen LogP) is 2.68. The van der Waals surface area contributed by atoms with Crippen molar-refractivity contribution in [3.8, 4) is 5.75 Å². The number of aromatic hydroxyl groups is 1. The van der Waals surface area contributed by atoms with E-state index < -0.39 is 6.10 Å². The Morgan fingerprint density at radius 3 is 2.83 bits per heavy atom. The van der Waals surface area contributed by atoms with Crippen molar-refractivity contribution < 1.29 is 19.7 Å². The minimum absolute atomic E-state index is 0.0944. The van der Waals surface area contributed by atoms with Crippen LogP contribution >= 0.6 is 0 Å². The third kappa shape index (κ3) is 4.19. The molecule has 1 aromatic rings. The Hall–Kier alpha value is -1.92. The van der Waals surface area contributed by atoms with Crippen LogP contribution in [0.4, 0.5) is 0 Å². The summed E-state index contributed by atoms with van der Waals surface area (Å²) in [4.78, 5) is 19.1. The molecule has 5 unspecified atom stereocenters. The molecule has 0 radical (unpaired) electrons. The fourth-order valence-electron chi connectivity index (χ4n) is 5.28. The van der Waals surface area contributed by atoms with Crippen molar-refractivity contribution in [2.75, 3.05) is 19.7 Å². The van der Waals surface area contributed by atoms with Gasteiger partial charge in [-0.1, -0.05) is 25.3 Å². The Morgan fingerprint density at radius 2 is 2.07 bits per heavy atom. The van der Waals surface area contributed by atoms with E-state index in [-0.39, 0.29) is 23.6 Å². The minimum atomic E-state index is -0.688. The number of phenolic OH excluding ortho intramolecular Hbond substituents is 1. The summed E-state index contributed by atoms with van der Waals surface area (Å²) in [6, 6.07) is 4.81. The first-order valence-corrected chi connectivity index (χ1v) is 10.9. The van der Waals surface area contributed by atoms with Crippen LogP contribution in [-0.4, -0.2) is 64.7 Å². The molecule has 0 aromatic heterocycles. The zero-order valence-corrected chi connectivity index (χ0v) is 17.4. The number of fused-ring (bicyclic) bond motifs is 1. The van der Waals surface area contributed by atoms with Crippen molar-refractivity contribution in [1.82, 2.24) is 4.90 Å². The molecule has 29 heavy (non-hydrogen) atoms. The van der Waals surface area contributed by atoms with Crippen LogP contribution in [0.2, 0.25) is 0 Å². The van der Waals surface area contributed by atoms with Gasteiger partial charge >= 0.3 is 0 Å². The van der Waals surface area contributed by atoms with Crippen LogP contribution in [0.25, 0.3) is 0 Å². The Kier molecular flexibility index (Phi) is 5.93. The van der Waals surface area contributed by atoms with E-state index in [4.69, 9.17) is 4.74 Å². The van der Waals surface area contributed by atoms with Gasteiger partial charge in [-0.2, -0.15) is 0 Å². The molecule has 0 bridgehead atoms. The van der Waals surface area contributed by atoms with Crippen molar-refractivity contribution >= 4 is 11.7 Å². The number of carbonyl (C=O) groups excluding carboxylic acids is 1. The third-order valence-electron chi connectivity index (χ3n) is 7.05. The van der Waals surface area contributed by atoms with Gasteiger partial charge in [-0.05, 0) is 50.7 Å². The maximum absolute atomic E-state index is 12.3. The van der Waals surface area contributed by atoms with E-state index in [0.29, 0.717) is 30.9 Å². The van der Waals surface area contributed by atoms with Gasteiger partial charge in [-0.15, -0.1) is 0 Å². The number of hydrogen-bond donors (Lipinski definition) is 2. The normalized spacial score (nSPS) is 30.9. The number of likely N-dealkylation sites (tertiary alicyclic amines) is 1. The van der Waals surface area contributed by atoms with E-state index in [2.05, 4.69) is 9.89 Å². The average molecular weight is 401 g/mol. The lowest BCUT2D eigenvalue weighted by molar-refractivity contribution is -0.126. The van der Waals surface area contributed by atoms with Gasteiger partial charge in [0.1, 0.15) is 24.2 Å². The summed E-state index contributed by atoms with van der Waals surface area (Å²) in [5.74, 6) is 2.16. The molecule has 6 heteroatoms. The first-order valence-electron chi connectivity index (χ1n) is 10.9. The lowest BCUT2D eigenvalue weighted by Gasteiger charge is -2.46. The van der Waals surface area contributed by atoms with Crippen molar-refractivity contribution in [2.45, 2.75) is 64.1 Å². The zero-order valence-electron chi connectivity index (χ0n) is 17.4. The quantitative estimate of drug-likeness (QED) is 0.794. The molecule has 4 rings (SSSR count). The summed E-state index contributed by atoms with van der Waals surface area (Å²) in [5.41, 5.74) is 1.47. The second kappa shape index (κ2) is 8.44. The van der Waals surface area contributed by atoms with Gasteiger partial charge in [0, 0.05) is 24.2 Å². The largest absolute Gasteiger partial charge is 0.508 e. The summed E-state index contributed by atoms with van der Waals surface area (Å²) in [6.07, 6.45) is 5.25. The molecule has 158 valence electrons. The Balaban J connectivity index is 1.45. The number of phenols is 1. The minimum Gasteiger partial charge on any atom is -0.508 e. The van der Waals surface area contributed by atoms with Gasteiger partial charge in [0.15, 0.2) is 0 Å². The third-order valence-corrected chi connectivity index (χ3v) is 7.05. The predicted molar refractivity (Wildman–Crippen MR) is 111 cm³/mol. The Bertz CT molecular complexity index is 793. The number of ketones is 1. The summed E-state index contributed by atoms with van der Waals surface area (Å²) in [5, 5.41) is 20.8. The smallest absolute Gasteiger partial charge is 0.217 e. The van der Waals surface area contributed by atoms with E-state index in [0.717, 1.165) is 24.1 Å². The number of Topliss-reactive ketones (excluding diaryl/α,β-unsaturated/α-hetero) is 1. The van der Waals surface area contributed by atoms with Crippen molar-refractivity contribution in [2.24, 2.45) is 16.8 Å². The second-order valence-corrected chi connectivity index (χ2v) is 8.95. The SMILES string of the molecule is CC(=O)C1CC2CCCCC2CN1CC(O)C1COC(c2cccc(O)c2C)=N1. The number of rotatable bonds is 5. The molecule has 1 aromatic carbocycles. The topological polar surface area (TPSA) is 82.4 Å². The number of hydrogen-bond acceptors (Lipinski definition) is 6. The highest BCUT2D eigenvalue weighted by molar-refractivity contribution is 5.97. The number of aliphatic hydroxyl groups is 1. The summed E-state index contributed by atoms with van der Waals surface area (Å²) in [6.45, 7) is 5.15. The monoisotopic (exact) mass is 400 g/mol. The van der Waals surface area contributed by atoms with Crippen molar-refractivity contribution in [1.29, 1.82) is 0 Å². The fourth-order valence-corrected chi connectivity index (χ4v) is 5.28. The number of aliphatic imine (C=N–C) groups is 1. The molecule has 1 saturated carbocycles. The number of piperidine rings is 1. The lowest BCUT2D eigenvalue weighted by atomic mass is 9.72. The fraction of sp³-hybridized carbons (Fsp3) is 0.652. The van der Waals surface area contributed by atoms with Gasteiger partial charge in [-0.3, -0.25) is 9.69 Å². The van der Waals surface area contributed by atoms with Crippen molar-refractivity contribution in [3.05, 3.63) is 29.3 Å².